The van der Waals surface area contributed by atoms with Crippen LogP contribution >= 0.6 is 23.6 Å². The second kappa shape index (κ2) is 5.09. The van der Waals surface area contributed by atoms with E-state index in [4.69, 9.17) is 12.2 Å². The molecule has 0 bridgehead atoms. The van der Waals surface area contributed by atoms with Crippen LogP contribution < -0.4 is 10.2 Å². The molecule has 108 valence electrons. The van der Waals surface area contributed by atoms with E-state index < -0.39 is 0 Å². The molecule has 0 saturated carbocycles. The lowest BCUT2D eigenvalue weighted by molar-refractivity contribution is -0.113. The Hall–Kier alpha value is -1.99. The molecule has 1 saturated heterocycles. The molecule has 0 aliphatic carbocycles. The van der Waals surface area contributed by atoms with Gasteiger partial charge in [0, 0.05) is 23.0 Å². The van der Waals surface area contributed by atoms with Crippen LogP contribution in [-0.4, -0.2) is 20.8 Å². The number of aromatic nitrogens is 2. The number of carbonyl (C=O) groups excluding carboxylic acids is 1. The number of aryl methyl sites for hydroxylation is 3. The van der Waals surface area contributed by atoms with E-state index in [0.717, 1.165) is 10.6 Å². The molecule has 5 nitrogen and oxygen atoms in total. The van der Waals surface area contributed by atoms with Crippen LogP contribution in [0.3, 0.4) is 0 Å². The number of hydrogen-bond acceptors (Lipinski definition) is 4. The van der Waals surface area contributed by atoms with Gasteiger partial charge < -0.3 is 5.32 Å². The standard InChI is InChI=1S/C14H14N4OS2/c1-8-4-5-10(21-8)6-11-13(19)18(14(20)15-11)12-7-17(3)16-9(12)2/h4-7H,1-3H3,(H,15,20)/b11-6+. The molecule has 0 atom stereocenters. The van der Waals surface area contributed by atoms with Crippen LogP contribution in [0.5, 0.6) is 0 Å². The molecule has 1 amide bonds. The molecule has 2 aromatic heterocycles. The van der Waals surface area contributed by atoms with Gasteiger partial charge in [0.2, 0.25) is 0 Å². The zero-order valence-corrected chi connectivity index (χ0v) is 13.5. The van der Waals surface area contributed by atoms with Crippen LogP contribution in [0.1, 0.15) is 15.4 Å². The Kier molecular flexibility index (Phi) is 3.38. The van der Waals surface area contributed by atoms with E-state index in [2.05, 4.69) is 10.4 Å². The normalized spacial score (nSPS) is 16.9. The smallest absolute Gasteiger partial charge is 0.281 e. The molecule has 0 aromatic carbocycles. The molecule has 1 N–H and O–H groups in total. The number of carbonyl (C=O) groups is 1. The lowest BCUT2D eigenvalue weighted by Gasteiger charge is -2.11. The van der Waals surface area contributed by atoms with E-state index in [0.29, 0.717) is 16.5 Å². The predicted molar refractivity (Wildman–Crippen MR) is 88.2 cm³/mol. The summed E-state index contributed by atoms with van der Waals surface area (Å²) in [5.41, 5.74) is 1.97. The monoisotopic (exact) mass is 318 g/mol. The van der Waals surface area contributed by atoms with E-state index >= 15 is 0 Å². The summed E-state index contributed by atoms with van der Waals surface area (Å²) in [4.78, 5) is 16.3. The molecule has 1 aliphatic rings. The SMILES string of the molecule is Cc1ccc(/C=C2/NC(=S)N(c3cn(C)nc3C)C2=O)s1. The molecule has 2 aromatic rings. The lowest BCUT2D eigenvalue weighted by atomic mass is 10.3. The molecule has 3 heterocycles. The molecule has 1 aliphatic heterocycles. The van der Waals surface area contributed by atoms with Crippen molar-refractivity contribution in [3.05, 3.63) is 39.5 Å². The number of nitrogens with zero attached hydrogens (tertiary/aromatic N) is 3. The highest BCUT2D eigenvalue weighted by atomic mass is 32.1. The summed E-state index contributed by atoms with van der Waals surface area (Å²) in [5.74, 6) is -0.151. The van der Waals surface area contributed by atoms with Crippen molar-refractivity contribution < 1.29 is 4.79 Å². The Labute approximate surface area is 131 Å². The molecule has 0 radical (unpaired) electrons. The molecule has 1 fully saturated rings. The highest BCUT2D eigenvalue weighted by Gasteiger charge is 2.33. The largest absolute Gasteiger partial charge is 0.327 e. The topological polar surface area (TPSA) is 50.2 Å². The lowest BCUT2D eigenvalue weighted by Crippen LogP contribution is -2.30. The van der Waals surface area contributed by atoms with Gasteiger partial charge in [-0.05, 0) is 44.3 Å². The maximum atomic E-state index is 12.6. The Morgan fingerprint density at radius 2 is 2.14 bits per heavy atom. The van der Waals surface area contributed by atoms with Gasteiger partial charge in [-0.15, -0.1) is 11.3 Å². The minimum Gasteiger partial charge on any atom is -0.327 e. The van der Waals surface area contributed by atoms with E-state index in [9.17, 15) is 4.79 Å². The Balaban J connectivity index is 1.96. The summed E-state index contributed by atoms with van der Waals surface area (Å²) in [6, 6.07) is 4.01. The van der Waals surface area contributed by atoms with Gasteiger partial charge in [0.05, 0.1) is 11.4 Å². The van der Waals surface area contributed by atoms with Crippen LogP contribution in [0.15, 0.2) is 24.0 Å². The Morgan fingerprint density at radius 3 is 2.71 bits per heavy atom. The zero-order valence-electron chi connectivity index (χ0n) is 11.9. The maximum Gasteiger partial charge on any atom is 0.281 e. The highest BCUT2D eigenvalue weighted by molar-refractivity contribution is 7.80. The summed E-state index contributed by atoms with van der Waals surface area (Å²) in [6.07, 6.45) is 3.62. The Morgan fingerprint density at radius 1 is 1.38 bits per heavy atom. The maximum absolute atomic E-state index is 12.6. The average Bonchev–Trinajstić information content (AvgIpc) is 3.02. The first-order valence-corrected chi connectivity index (χ1v) is 7.62. The van der Waals surface area contributed by atoms with Crippen molar-refractivity contribution in [1.82, 2.24) is 15.1 Å². The Bertz CT molecular complexity index is 772. The number of thiophene rings is 1. The number of thiocarbonyl (C=S) groups is 1. The van der Waals surface area contributed by atoms with Crippen LogP contribution in [0, 0.1) is 13.8 Å². The van der Waals surface area contributed by atoms with Crippen LogP contribution in [0.4, 0.5) is 5.69 Å². The average molecular weight is 318 g/mol. The zero-order chi connectivity index (χ0) is 15.1. The fourth-order valence-electron chi connectivity index (χ4n) is 2.23. The van der Waals surface area contributed by atoms with E-state index in [1.807, 2.05) is 39.1 Å². The van der Waals surface area contributed by atoms with Gasteiger partial charge in [-0.1, -0.05) is 0 Å². The van der Waals surface area contributed by atoms with Gasteiger partial charge in [-0.25, -0.2) is 4.90 Å². The third kappa shape index (κ3) is 2.50. The van der Waals surface area contributed by atoms with Gasteiger partial charge in [-0.3, -0.25) is 9.48 Å². The van der Waals surface area contributed by atoms with Crippen molar-refractivity contribution in [2.45, 2.75) is 13.8 Å². The van der Waals surface area contributed by atoms with Gasteiger partial charge in [0.25, 0.3) is 5.91 Å². The highest BCUT2D eigenvalue weighted by Crippen LogP contribution is 2.26. The first-order valence-electron chi connectivity index (χ1n) is 6.39. The summed E-state index contributed by atoms with van der Waals surface area (Å²) >= 11 is 6.92. The number of amides is 1. The van der Waals surface area contributed by atoms with Crippen LogP contribution in [0.25, 0.3) is 6.08 Å². The molecule has 0 unspecified atom stereocenters. The molecule has 21 heavy (non-hydrogen) atoms. The number of nitrogens with one attached hydrogen (secondary N) is 1. The molecular weight excluding hydrogens is 304 g/mol. The number of rotatable bonds is 2. The first-order chi connectivity index (χ1) is 9.95. The van der Waals surface area contributed by atoms with Crippen LogP contribution in [0.2, 0.25) is 0 Å². The van der Waals surface area contributed by atoms with Crippen molar-refractivity contribution in [3.8, 4) is 0 Å². The third-order valence-electron chi connectivity index (χ3n) is 3.15. The second-order valence-corrected chi connectivity index (χ2v) is 6.56. The van der Waals surface area contributed by atoms with Crippen molar-refractivity contribution in [3.63, 3.8) is 0 Å². The first kappa shape index (κ1) is 14.0. The van der Waals surface area contributed by atoms with Crippen molar-refractivity contribution in [2.75, 3.05) is 4.90 Å². The summed E-state index contributed by atoms with van der Waals surface area (Å²) < 4.78 is 1.67. The molecular formula is C14H14N4OS2. The summed E-state index contributed by atoms with van der Waals surface area (Å²) in [6.45, 7) is 3.89. The van der Waals surface area contributed by atoms with E-state index in [1.165, 1.54) is 9.78 Å². The van der Waals surface area contributed by atoms with Crippen molar-refractivity contribution >= 4 is 46.3 Å². The number of anilines is 1. The van der Waals surface area contributed by atoms with Crippen molar-refractivity contribution in [1.29, 1.82) is 0 Å². The van der Waals surface area contributed by atoms with E-state index in [1.54, 1.807) is 22.2 Å². The van der Waals surface area contributed by atoms with Gasteiger partial charge in [0.15, 0.2) is 5.11 Å². The van der Waals surface area contributed by atoms with Gasteiger partial charge in [-0.2, -0.15) is 5.10 Å². The van der Waals surface area contributed by atoms with Crippen molar-refractivity contribution in [2.24, 2.45) is 7.05 Å². The van der Waals surface area contributed by atoms with E-state index in [-0.39, 0.29) is 5.91 Å². The fourth-order valence-corrected chi connectivity index (χ4v) is 3.35. The summed E-state index contributed by atoms with van der Waals surface area (Å²) in [7, 11) is 1.82. The fraction of sp³-hybridized carbons (Fsp3) is 0.214. The van der Waals surface area contributed by atoms with Gasteiger partial charge in [0.1, 0.15) is 5.70 Å². The predicted octanol–water partition coefficient (Wildman–Crippen LogP) is 2.36. The van der Waals surface area contributed by atoms with Crippen LogP contribution in [-0.2, 0) is 11.8 Å². The quantitative estimate of drug-likeness (QED) is 0.682. The molecule has 7 heteroatoms. The number of hydrogen-bond donors (Lipinski definition) is 1. The van der Waals surface area contributed by atoms with Gasteiger partial charge >= 0.3 is 0 Å². The minimum atomic E-state index is -0.151. The minimum absolute atomic E-state index is 0.151. The second-order valence-electron chi connectivity index (χ2n) is 4.85. The molecule has 0 spiro atoms. The third-order valence-corrected chi connectivity index (χ3v) is 4.39. The summed E-state index contributed by atoms with van der Waals surface area (Å²) in [5, 5.41) is 7.62. The molecule has 3 rings (SSSR count).